The molecular formula is C14H16BrN3OS. The Morgan fingerprint density at radius 2 is 2.10 bits per heavy atom. The van der Waals surface area contributed by atoms with E-state index < -0.39 is 0 Å². The molecule has 4 nitrogen and oxygen atoms in total. The SMILES string of the molecule is CN(C)C(=S)OC(c1ccccc1Br)c1nccn1C. The summed E-state index contributed by atoms with van der Waals surface area (Å²) in [7, 11) is 5.66. The minimum atomic E-state index is -0.347. The molecule has 0 fully saturated rings. The Morgan fingerprint density at radius 1 is 1.40 bits per heavy atom. The molecule has 6 heteroatoms. The van der Waals surface area contributed by atoms with E-state index in [1.807, 2.05) is 56.2 Å². The van der Waals surface area contributed by atoms with Crippen molar-refractivity contribution in [3.05, 3.63) is 52.5 Å². The average Bonchev–Trinajstić information content (AvgIpc) is 2.82. The fraction of sp³-hybridized carbons (Fsp3) is 0.286. The van der Waals surface area contributed by atoms with E-state index in [0.29, 0.717) is 5.17 Å². The van der Waals surface area contributed by atoms with E-state index in [-0.39, 0.29) is 6.10 Å². The Balaban J connectivity index is 2.43. The maximum Gasteiger partial charge on any atom is 0.259 e. The molecule has 2 rings (SSSR count). The Bertz CT molecular complexity index is 612. The highest BCUT2D eigenvalue weighted by molar-refractivity contribution is 9.10. The lowest BCUT2D eigenvalue weighted by Gasteiger charge is -2.23. The molecule has 20 heavy (non-hydrogen) atoms. The number of benzene rings is 1. The maximum atomic E-state index is 5.95. The van der Waals surface area contributed by atoms with E-state index in [0.717, 1.165) is 15.9 Å². The number of nitrogens with zero attached hydrogens (tertiary/aromatic N) is 3. The highest BCUT2D eigenvalue weighted by atomic mass is 79.9. The number of thiocarbonyl (C=S) groups is 1. The molecule has 0 spiro atoms. The molecule has 106 valence electrons. The van der Waals surface area contributed by atoms with Gasteiger partial charge in [-0.3, -0.25) is 0 Å². The molecule has 1 atom stereocenters. The number of aryl methyl sites for hydroxylation is 1. The topological polar surface area (TPSA) is 30.3 Å². The molecule has 0 aliphatic rings. The van der Waals surface area contributed by atoms with E-state index in [4.69, 9.17) is 17.0 Å². The molecule has 1 heterocycles. The Hall–Kier alpha value is -1.40. The van der Waals surface area contributed by atoms with Gasteiger partial charge in [0, 0.05) is 43.6 Å². The minimum absolute atomic E-state index is 0.347. The normalized spacial score (nSPS) is 12.0. The van der Waals surface area contributed by atoms with Crippen molar-refractivity contribution in [3.63, 3.8) is 0 Å². The number of ether oxygens (including phenoxy) is 1. The van der Waals surface area contributed by atoms with Gasteiger partial charge in [0.15, 0.2) is 11.9 Å². The van der Waals surface area contributed by atoms with Gasteiger partial charge in [0.1, 0.15) is 0 Å². The number of hydrogen-bond donors (Lipinski definition) is 0. The molecule has 0 bridgehead atoms. The first-order valence-corrected chi connectivity index (χ1v) is 7.30. The van der Waals surface area contributed by atoms with Crippen molar-refractivity contribution in [2.75, 3.05) is 14.1 Å². The standard InChI is InChI=1S/C14H16BrN3OS/c1-17(2)14(20)19-12(13-16-8-9-18(13)3)10-6-4-5-7-11(10)15/h4-9,12H,1-3H3. The highest BCUT2D eigenvalue weighted by Gasteiger charge is 2.24. The van der Waals surface area contributed by atoms with Crippen LogP contribution in [0.4, 0.5) is 0 Å². The average molecular weight is 354 g/mol. The zero-order valence-corrected chi connectivity index (χ0v) is 14.0. The third kappa shape index (κ3) is 3.19. The monoisotopic (exact) mass is 353 g/mol. The number of hydrogen-bond acceptors (Lipinski definition) is 3. The highest BCUT2D eigenvalue weighted by Crippen LogP contribution is 2.30. The predicted octanol–water partition coefficient (Wildman–Crippen LogP) is 3.14. The quantitative estimate of drug-likeness (QED) is 0.793. The Morgan fingerprint density at radius 3 is 2.65 bits per heavy atom. The van der Waals surface area contributed by atoms with Crippen molar-refractivity contribution in [1.29, 1.82) is 0 Å². The molecule has 0 radical (unpaired) electrons. The third-order valence-corrected chi connectivity index (χ3v) is 4.05. The van der Waals surface area contributed by atoms with Gasteiger partial charge in [-0.2, -0.15) is 0 Å². The second kappa shape index (κ2) is 6.37. The predicted molar refractivity (Wildman–Crippen MR) is 86.6 cm³/mol. The van der Waals surface area contributed by atoms with Crippen molar-refractivity contribution in [3.8, 4) is 0 Å². The molecule has 1 aromatic carbocycles. The first-order chi connectivity index (χ1) is 9.50. The summed E-state index contributed by atoms with van der Waals surface area (Å²) in [6.07, 6.45) is 3.29. The van der Waals surface area contributed by atoms with Gasteiger partial charge >= 0.3 is 0 Å². The van der Waals surface area contributed by atoms with Crippen molar-refractivity contribution in [2.24, 2.45) is 7.05 Å². The smallest absolute Gasteiger partial charge is 0.259 e. The molecule has 0 aliphatic heterocycles. The maximum absolute atomic E-state index is 5.95. The molecule has 0 saturated carbocycles. The largest absolute Gasteiger partial charge is 0.454 e. The van der Waals surface area contributed by atoms with Crippen LogP contribution in [0.25, 0.3) is 0 Å². The summed E-state index contributed by atoms with van der Waals surface area (Å²) in [5, 5.41) is 0.425. The molecule has 0 saturated heterocycles. The summed E-state index contributed by atoms with van der Waals surface area (Å²) in [4.78, 5) is 6.15. The van der Waals surface area contributed by atoms with Crippen LogP contribution in [0.3, 0.4) is 0 Å². The van der Waals surface area contributed by atoms with Crippen LogP contribution in [0, 0.1) is 0 Å². The van der Waals surface area contributed by atoms with Gasteiger partial charge < -0.3 is 14.2 Å². The second-order valence-electron chi connectivity index (χ2n) is 4.58. The third-order valence-electron chi connectivity index (χ3n) is 2.86. The zero-order chi connectivity index (χ0) is 14.7. The Labute approximate surface area is 132 Å². The molecule has 2 aromatic rings. The van der Waals surface area contributed by atoms with Gasteiger partial charge in [-0.1, -0.05) is 34.1 Å². The summed E-state index contributed by atoms with van der Waals surface area (Å²) in [5.74, 6) is 0.807. The Kier molecular flexibility index (Phi) is 4.77. The van der Waals surface area contributed by atoms with Gasteiger partial charge in [0.2, 0.25) is 0 Å². The van der Waals surface area contributed by atoms with Gasteiger partial charge in [-0.05, 0) is 18.3 Å². The second-order valence-corrected chi connectivity index (χ2v) is 5.78. The van der Waals surface area contributed by atoms with E-state index in [1.54, 1.807) is 11.1 Å². The van der Waals surface area contributed by atoms with Gasteiger partial charge in [-0.25, -0.2) is 4.98 Å². The number of rotatable bonds is 3. The molecule has 0 amide bonds. The molecule has 1 aromatic heterocycles. The summed E-state index contributed by atoms with van der Waals surface area (Å²) in [6.45, 7) is 0. The first kappa shape index (κ1) is 15.0. The zero-order valence-electron chi connectivity index (χ0n) is 11.6. The van der Waals surface area contributed by atoms with Crippen LogP contribution in [-0.2, 0) is 11.8 Å². The summed E-state index contributed by atoms with van der Waals surface area (Å²) < 4.78 is 8.85. The lowest BCUT2D eigenvalue weighted by molar-refractivity contribution is 0.194. The van der Waals surface area contributed by atoms with Crippen LogP contribution >= 0.6 is 28.1 Å². The van der Waals surface area contributed by atoms with Crippen LogP contribution < -0.4 is 0 Å². The van der Waals surface area contributed by atoms with Gasteiger partial charge in [0.25, 0.3) is 5.17 Å². The van der Waals surface area contributed by atoms with E-state index in [2.05, 4.69) is 20.9 Å². The lowest BCUT2D eigenvalue weighted by Crippen LogP contribution is -2.26. The van der Waals surface area contributed by atoms with E-state index in [1.165, 1.54) is 0 Å². The van der Waals surface area contributed by atoms with E-state index in [9.17, 15) is 0 Å². The van der Waals surface area contributed by atoms with Gasteiger partial charge in [-0.15, -0.1) is 0 Å². The summed E-state index contributed by atoms with van der Waals surface area (Å²) >= 11 is 8.83. The van der Waals surface area contributed by atoms with Crippen LogP contribution in [-0.4, -0.2) is 33.7 Å². The van der Waals surface area contributed by atoms with Crippen molar-refractivity contribution in [1.82, 2.24) is 14.5 Å². The first-order valence-electron chi connectivity index (χ1n) is 6.10. The van der Waals surface area contributed by atoms with Crippen molar-refractivity contribution in [2.45, 2.75) is 6.10 Å². The van der Waals surface area contributed by atoms with Crippen molar-refractivity contribution >= 4 is 33.3 Å². The van der Waals surface area contributed by atoms with Crippen LogP contribution in [0.15, 0.2) is 41.1 Å². The number of aromatic nitrogens is 2. The molecule has 0 aliphatic carbocycles. The lowest BCUT2D eigenvalue weighted by atomic mass is 10.1. The minimum Gasteiger partial charge on any atom is -0.454 e. The molecular weight excluding hydrogens is 338 g/mol. The van der Waals surface area contributed by atoms with Crippen molar-refractivity contribution < 1.29 is 4.74 Å². The fourth-order valence-corrected chi connectivity index (χ4v) is 2.37. The number of halogens is 1. The van der Waals surface area contributed by atoms with Crippen LogP contribution in [0.1, 0.15) is 17.5 Å². The number of imidazole rings is 1. The van der Waals surface area contributed by atoms with Crippen LogP contribution in [0.2, 0.25) is 0 Å². The van der Waals surface area contributed by atoms with E-state index >= 15 is 0 Å². The van der Waals surface area contributed by atoms with Gasteiger partial charge in [0.05, 0.1) is 0 Å². The molecule has 0 N–H and O–H groups in total. The summed E-state index contributed by atoms with van der Waals surface area (Å²) in [6, 6.07) is 7.92. The molecule has 1 unspecified atom stereocenters. The summed E-state index contributed by atoms with van der Waals surface area (Å²) in [5.41, 5.74) is 0.992. The fourth-order valence-electron chi connectivity index (χ4n) is 1.78. The van der Waals surface area contributed by atoms with Crippen LogP contribution in [0.5, 0.6) is 0 Å².